The predicted molar refractivity (Wildman–Crippen MR) is 103 cm³/mol. The van der Waals surface area contributed by atoms with Gasteiger partial charge in [0.15, 0.2) is 11.6 Å². The average molecular weight is 347 g/mol. The van der Waals surface area contributed by atoms with Gasteiger partial charge in [0.1, 0.15) is 0 Å². The summed E-state index contributed by atoms with van der Waals surface area (Å²) >= 11 is 0. The molecule has 0 saturated carbocycles. The van der Waals surface area contributed by atoms with E-state index in [1.54, 1.807) is 0 Å². The Morgan fingerprint density at radius 1 is 1.19 bits per heavy atom. The van der Waals surface area contributed by atoms with Gasteiger partial charge in [-0.15, -0.1) is 0 Å². The molecule has 0 spiro atoms. The molecule has 2 aromatic carbocycles. The second-order valence-electron chi connectivity index (χ2n) is 5.82. The number of para-hydroxylation sites is 1. The third kappa shape index (κ3) is 4.04. The molecule has 0 aliphatic heterocycles. The van der Waals surface area contributed by atoms with E-state index in [1.807, 2.05) is 73.7 Å². The van der Waals surface area contributed by atoms with Crippen LogP contribution in [0.1, 0.15) is 13.3 Å². The first-order valence-electron chi connectivity index (χ1n) is 8.44. The van der Waals surface area contributed by atoms with Crippen molar-refractivity contribution in [3.8, 4) is 22.8 Å². The van der Waals surface area contributed by atoms with Crippen LogP contribution in [0.15, 0.2) is 66.7 Å². The fourth-order valence-corrected chi connectivity index (χ4v) is 2.51. The summed E-state index contributed by atoms with van der Waals surface area (Å²) in [5.74, 6) is 0.951. The molecule has 3 aromatic rings. The van der Waals surface area contributed by atoms with Crippen LogP contribution in [0.3, 0.4) is 0 Å². The number of nitrogens with zero attached hydrogens (tertiary/aromatic N) is 2. The minimum atomic E-state index is -0.603. The molecule has 26 heavy (non-hydrogen) atoms. The molecule has 0 bridgehead atoms. The summed E-state index contributed by atoms with van der Waals surface area (Å²) in [6.07, 6.45) is 4.24. The first kappa shape index (κ1) is 17.6. The lowest BCUT2D eigenvalue weighted by Gasteiger charge is -2.12. The van der Waals surface area contributed by atoms with Crippen molar-refractivity contribution in [2.75, 3.05) is 5.32 Å². The van der Waals surface area contributed by atoms with Crippen molar-refractivity contribution >= 4 is 11.6 Å². The van der Waals surface area contributed by atoms with Gasteiger partial charge in [-0.1, -0.05) is 54.6 Å². The molecule has 132 valence electrons. The molecule has 1 aromatic heterocycles. The van der Waals surface area contributed by atoms with Gasteiger partial charge in [0, 0.05) is 11.1 Å². The van der Waals surface area contributed by atoms with Gasteiger partial charge in [-0.05, 0) is 25.5 Å². The van der Waals surface area contributed by atoms with Crippen molar-refractivity contribution in [3.63, 3.8) is 0 Å². The monoisotopic (exact) mass is 347 g/mol. The van der Waals surface area contributed by atoms with E-state index in [0.717, 1.165) is 11.1 Å². The number of nitrogens with two attached hydrogens (primary N) is 1. The number of H-pyrrole nitrogens is 1. The fourth-order valence-electron chi connectivity index (χ4n) is 2.51. The van der Waals surface area contributed by atoms with Gasteiger partial charge < -0.3 is 11.1 Å². The number of aromatic nitrogens is 3. The summed E-state index contributed by atoms with van der Waals surface area (Å²) < 4.78 is 0. The van der Waals surface area contributed by atoms with E-state index in [2.05, 4.69) is 20.5 Å². The minimum absolute atomic E-state index is 0.238. The van der Waals surface area contributed by atoms with Crippen LogP contribution in [0.5, 0.6) is 0 Å². The molecule has 0 aliphatic carbocycles. The van der Waals surface area contributed by atoms with Gasteiger partial charge in [-0.2, -0.15) is 5.10 Å². The molecule has 1 unspecified atom stereocenters. The third-order valence-corrected chi connectivity index (χ3v) is 3.92. The molecule has 4 N–H and O–H groups in total. The fraction of sp³-hybridized carbons (Fsp3) is 0.150. The summed E-state index contributed by atoms with van der Waals surface area (Å²) in [4.78, 5) is 16.9. The Bertz CT molecular complexity index is 901. The first-order valence-corrected chi connectivity index (χ1v) is 8.44. The number of benzene rings is 2. The van der Waals surface area contributed by atoms with Crippen molar-refractivity contribution in [3.05, 3.63) is 66.7 Å². The molecule has 1 heterocycles. The van der Waals surface area contributed by atoms with E-state index in [-0.39, 0.29) is 5.91 Å². The van der Waals surface area contributed by atoms with Crippen molar-refractivity contribution in [2.45, 2.75) is 19.4 Å². The summed E-state index contributed by atoms with van der Waals surface area (Å²) in [6, 6.07) is 16.5. The number of allylic oxidation sites excluding steroid dienone is 1. The highest BCUT2D eigenvalue weighted by molar-refractivity contribution is 5.98. The first-order chi connectivity index (χ1) is 12.7. The largest absolute Gasteiger partial charge is 0.324 e. The Morgan fingerprint density at radius 2 is 1.92 bits per heavy atom. The molecule has 6 heteroatoms. The summed E-state index contributed by atoms with van der Waals surface area (Å²) in [5.41, 5.74) is 8.24. The lowest BCUT2D eigenvalue weighted by Crippen LogP contribution is -2.35. The lowest BCUT2D eigenvalue weighted by atomic mass is 10.1. The van der Waals surface area contributed by atoms with Gasteiger partial charge in [-0.3, -0.25) is 9.89 Å². The standard InChI is InChI=1S/C20H21N5O/c1-2-3-12-16(21)20(26)22-17-13-8-7-11-15(17)19-23-18(24-25-19)14-9-5-4-6-10-14/h2-11,13,16H,12,21H2,1H3,(H,22,26)(H,23,24,25)/b3-2+. The number of hydrogen-bond acceptors (Lipinski definition) is 4. The molecule has 1 amide bonds. The molecule has 1 atom stereocenters. The van der Waals surface area contributed by atoms with Crippen LogP contribution in [-0.2, 0) is 4.79 Å². The Morgan fingerprint density at radius 3 is 2.69 bits per heavy atom. The van der Waals surface area contributed by atoms with E-state index >= 15 is 0 Å². The van der Waals surface area contributed by atoms with Crippen LogP contribution in [0.25, 0.3) is 22.8 Å². The van der Waals surface area contributed by atoms with Crippen LogP contribution in [0, 0.1) is 0 Å². The highest BCUT2D eigenvalue weighted by Gasteiger charge is 2.16. The Balaban J connectivity index is 1.84. The zero-order chi connectivity index (χ0) is 18.4. The third-order valence-electron chi connectivity index (χ3n) is 3.92. The highest BCUT2D eigenvalue weighted by atomic mass is 16.2. The number of carbonyl (C=O) groups is 1. The Hall–Kier alpha value is -3.25. The number of hydrogen-bond donors (Lipinski definition) is 3. The maximum Gasteiger partial charge on any atom is 0.241 e. The van der Waals surface area contributed by atoms with Crippen LogP contribution >= 0.6 is 0 Å². The van der Waals surface area contributed by atoms with Gasteiger partial charge in [0.2, 0.25) is 5.91 Å². The van der Waals surface area contributed by atoms with Gasteiger partial charge >= 0.3 is 0 Å². The molecule has 6 nitrogen and oxygen atoms in total. The topological polar surface area (TPSA) is 96.7 Å². The van der Waals surface area contributed by atoms with Gasteiger partial charge in [0.05, 0.1) is 11.7 Å². The normalized spacial score (nSPS) is 12.2. The van der Waals surface area contributed by atoms with E-state index < -0.39 is 6.04 Å². The molecule has 0 fully saturated rings. The van der Waals surface area contributed by atoms with E-state index in [4.69, 9.17) is 5.73 Å². The number of carbonyl (C=O) groups excluding carboxylic acids is 1. The predicted octanol–water partition coefficient (Wildman–Crippen LogP) is 3.37. The van der Waals surface area contributed by atoms with Crippen molar-refractivity contribution in [1.29, 1.82) is 0 Å². The van der Waals surface area contributed by atoms with Crippen LogP contribution < -0.4 is 11.1 Å². The van der Waals surface area contributed by atoms with Crippen molar-refractivity contribution < 1.29 is 4.79 Å². The van der Waals surface area contributed by atoms with Gasteiger partial charge in [-0.25, -0.2) is 4.98 Å². The molecule has 0 radical (unpaired) electrons. The molecule has 0 aliphatic rings. The second-order valence-corrected chi connectivity index (χ2v) is 5.82. The number of anilines is 1. The summed E-state index contributed by atoms with van der Waals surface area (Å²) in [7, 11) is 0. The van der Waals surface area contributed by atoms with Crippen LogP contribution in [0.4, 0.5) is 5.69 Å². The quantitative estimate of drug-likeness (QED) is 0.596. The summed E-state index contributed by atoms with van der Waals surface area (Å²) in [5, 5.41) is 10.1. The molecular weight excluding hydrogens is 326 g/mol. The number of rotatable bonds is 6. The van der Waals surface area contributed by atoms with Crippen LogP contribution in [0.2, 0.25) is 0 Å². The summed E-state index contributed by atoms with van der Waals surface area (Å²) in [6.45, 7) is 1.90. The zero-order valence-electron chi connectivity index (χ0n) is 14.5. The molecule has 3 rings (SSSR count). The molecular formula is C20H21N5O. The highest BCUT2D eigenvalue weighted by Crippen LogP contribution is 2.26. The van der Waals surface area contributed by atoms with E-state index in [9.17, 15) is 4.79 Å². The van der Waals surface area contributed by atoms with E-state index in [0.29, 0.717) is 23.8 Å². The van der Waals surface area contributed by atoms with E-state index in [1.165, 1.54) is 0 Å². The average Bonchev–Trinajstić information content (AvgIpc) is 3.17. The number of nitrogens with one attached hydrogen (secondary N) is 2. The van der Waals surface area contributed by atoms with Crippen LogP contribution in [-0.4, -0.2) is 27.1 Å². The minimum Gasteiger partial charge on any atom is -0.324 e. The number of amides is 1. The van der Waals surface area contributed by atoms with Crippen molar-refractivity contribution in [1.82, 2.24) is 15.2 Å². The second kappa shape index (κ2) is 8.22. The Labute approximate surface area is 152 Å². The zero-order valence-corrected chi connectivity index (χ0v) is 14.5. The lowest BCUT2D eigenvalue weighted by molar-refractivity contribution is -0.117. The maximum atomic E-state index is 12.3. The van der Waals surface area contributed by atoms with Gasteiger partial charge in [0.25, 0.3) is 0 Å². The Kier molecular flexibility index (Phi) is 5.56. The smallest absolute Gasteiger partial charge is 0.241 e. The SMILES string of the molecule is C/C=C/CC(N)C(=O)Nc1ccccc1-c1nc(-c2ccccc2)n[nH]1. The maximum absolute atomic E-state index is 12.3. The van der Waals surface area contributed by atoms with Crippen molar-refractivity contribution in [2.24, 2.45) is 5.73 Å². The molecule has 0 saturated heterocycles. The number of aromatic amines is 1.